The van der Waals surface area contributed by atoms with E-state index in [9.17, 15) is 9.90 Å². The van der Waals surface area contributed by atoms with Gasteiger partial charge in [-0.25, -0.2) is 0 Å². The van der Waals surface area contributed by atoms with Crippen LogP contribution in [0.25, 0.3) is 0 Å². The van der Waals surface area contributed by atoms with Gasteiger partial charge in [-0.1, -0.05) is 0 Å². The first-order valence-electron chi connectivity index (χ1n) is 7.78. The Morgan fingerprint density at radius 1 is 1.57 bits per heavy atom. The minimum Gasteiger partial charge on any atom is -0.467 e. The van der Waals surface area contributed by atoms with Crippen LogP contribution in [0.15, 0.2) is 34.3 Å². The van der Waals surface area contributed by atoms with E-state index in [1.54, 1.807) is 25.5 Å². The first-order valence-corrected chi connectivity index (χ1v) is 8.66. The molecule has 1 fully saturated rings. The molecule has 2 aromatic heterocycles. The van der Waals surface area contributed by atoms with Gasteiger partial charge in [0.25, 0.3) is 5.91 Å². The second-order valence-electron chi connectivity index (χ2n) is 5.77. The molecule has 3 rings (SSSR count). The number of nitrogens with zero attached hydrogens (tertiary/aromatic N) is 1. The molecule has 23 heavy (non-hydrogen) atoms. The van der Waals surface area contributed by atoms with Crippen LogP contribution in [0.3, 0.4) is 0 Å². The average molecular weight is 335 g/mol. The average Bonchev–Trinajstić information content (AvgIpc) is 3.28. The van der Waals surface area contributed by atoms with E-state index in [1.165, 1.54) is 11.3 Å². The van der Waals surface area contributed by atoms with Crippen molar-refractivity contribution in [3.05, 3.63) is 46.0 Å². The molecule has 1 saturated heterocycles. The molecule has 5 nitrogen and oxygen atoms in total. The van der Waals surface area contributed by atoms with Gasteiger partial charge in [0, 0.05) is 31.7 Å². The Labute approximate surface area is 139 Å². The van der Waals surface area contributed by atoms with Crippen molar-refractivity contribution < 1.29 is 19.1 Å². The van der Waals surface area contributed by atoms with Gasteiger partial charge in [0.1, 0.15) is 11.9 Å². The van der Waals surface area contributed by atoms with Crippen LogP contribution in [0.2, 0.25) is 0 Å². The monoisotopic (exact) mass is 335 g/mol. The molecular weight excluding hydrogens is 314 g/mol. The van der Waals surface area contributed by atoms with Crippen LogP contribution in [-0.4, -0.2) is 35.6 Å². The van der Waals surface area contributed by atoms with Gasteiger partial charge in [-0.3, -0.25) is 4.79 Å². The van der Waals surface area contributed by atoms with Crippen molar-refractivity contribution in [2.75, 3.05) is 13.7 Å². The Morgan fingerprint density at radius 2 is 2.43 bits per heavy atom. The van der Waals surface area contributed by atoms with E-state index in [0.717, 1.165) is 29.8 Å². The van der Waals surface area contributed by atoms with E-state index in [0.29, 0.717) is 18.8 Å². The highest BCUT2D eigenvalue weighted by atomic mass is 32.1. The number of furan rings is 1. The van der Waals surface area contributed by atoms with Gasteiger partial charge in [-0.2, -0.15) is 0 Å². The first-order chi connectivity index (χ1) is 11.2. The number of ether oxygens (including phenoxy) is 1. The van der Waals surface area contributed by atoms with Gasteiger partial charge in [0.2, 0.25) is 0 Å². The molecule has 2 unspecified atom stereocenters. The van der Waals surface area contributed by atoms with Crippen LogP contribution in [0.4, 0.5) is 0 Å². The van der Waals surface area contributed by atoms with Gasteiger partial charge >= 0.3 is 0 Å². The molecule has 0 saturated carbocycles. The standard InChI is InChI=1S/C17H21NO4S/c1-21-11-12-6-9-23-16(12)17(20)18-7-2-4-13(18)10-14(19)15-5-3-8-22-15/h3,5-6,8-9,13-14,19H,2,4,7,10-11H2,1H3. The van der Waals surface area contributed by atoms with Crippen LogP contribution in [0.5, 0.6) is 0 Å². The second kappa shape index (κ2) is 7.29. The molecule has 3 heterocycles. The Hall–Kier alpha value is -1.63. The minimum absolute atomic E-state index is 0.0418. The van der Waals surface area contributed by atoms with E-state index in [-0.39, 0.29) is 11.9 Å². The molecule has 0 bridgehead atoms. The summed E-state index contributed by atoms with van der Waals surface area (Å²) in [5, 5.41) is 12.2. The lowest BCUT2D eigenvalue weighted by Gasteiger charge is -2.26. The third-order valence-corrected chi connectivity index (χ3v) is 5.19. The largest absolute Gasteiger partial charge is 0.467 e. The Bertz CT molecular complexity index is 637. The van der Waals surface area contributed by atoms with E-state index in [4.69, 9.17) is 9.15 Å². The molecular formula is C17H21NO4S. The Morgan fingerprint density at radius 3 is 3.17 bits per heavy atom. The molecule has 0 radical (unpaired) electrons. The van der Waals surface area contributed by atoms with Crippen LogP contribution in [-0.2, 0) is 11.3 Å². The lowest BCUT2D eigenvalue weighted by molar-refractivity contribution is 0.0642. The van der Waals surface area contributed by atoms with Crippen molar-refractivity contribution in [1.82, 2.24) is 4.90 Å². The molecule has 2 aromatic rings. The zero-order chi connectivity index (χ0) is 16.2. The van der Waals surface area contributed by atoms with Crippen LogP contribution in [0.1, 0.15) is 46.4 Å². The zero-order valence-electron chi connectivity index (χ0n) is 13.1. The molecule has 1 aliphatic rings. The summed E-state index contributed by atoms with van der Waals surface area (Å²) >= 11 is 1.45. The van der Waals surface area contributed by atoms with Crippen molar-refractivity contribution in [3.8, 4) is 0 Å². The summed E-state index contributed by atoms with van der Waals surface area (Å²) in [6, 6.07) is 5.50. The van der Waals surface area contributed by atoms with E-state index < -0.39 is 6.10 Å². The summed E-state index contributed by atoms with van der Waals surface area (Å²) in [6.45, 7) is 1.18. The zero-order valence-corrected chi connectivity index (χ0v) is 13.9. The third kappa shape index (κ3) is 3.49. The number of aliphatic hydroxyl groups is 1. The summed E-state index contributed by atoms with van der Waals surface area (Å²) in [7, 11) is 1.63. The fourth-order valence-electron chi connectivity index (χ4n) is 3.13. The molecule has 124 valence electrons. The lowest BCUT2D eigenvalue weighted by Crippen LogP contribution is -2.36. The normalized spacial score (nSPS) is 19.2. The summed E-state index contributed by atoms with van der Waals surface area (Å²) in [5.74, 6) is 0.599. The van der Waals surface area contributed by atoms with Crippen LogP contribution >= 0.6 is 11.3 Å². The number of hydrogen-bond donors (Lipinski definition) is 1. The summed E-state index contributed by atoms with van der Waals surface area (Å²) in [6.07, 6.45) is 3.26. The quantitative estimate of drug-likeness (QED) is 0.880. The number of likely N-dealkylation sites (tertiary alicyclic amines) is 1. The number of rotatable bonds is 6. The third-order valence-electron chi connectivity index (χ3n) is 4.25. The SMILES string of the molecule is COCc1ccsc1C(=O)N1CCCC1CC(O)c1ccco1. The van der Waals surface area contributed by atoms with Crippen LogP contribution in [0, 0.1) is 0 Å². The topological polar surface area (TPSA) is 62.9 Å². The maximum atomic E-state index is 12.9. The number of methoxy groups -OCH3 is 1. The Kier molecular flexibility index (Phi) is 5.15. The number of hydrogen-bond acceptors (Lipinski definition) is 5. The van der Waals surface area contributed by atoms with Crippen molar-refractivity contribution in [3.63, 3.8) is 0 Å². The summed E-state index contributed by atoms with van der Waals surface area (Å²) < 4.78 is 10.4. The predicted molar refractivity (Wildman–Crippen MR) is 87.4 cm³/mol. The van der Waals surface area contributed by atoms with Crippen molar-refractivity contribution >= 4 is 17.2 Å². The molecule has 0 spiro atoms. The number of aliphatic hydroxyl groups excluding tert-OH is 1. The number of amides is 1. The molecule has 6 heteroatoms. The second-order valence-corrected chi connectivity index (χ2v) is 6.69. The molecule has 1 amide bonds. The molecule has 2 atom stereocenters. The molecule has 0 aromatic carbocycles. The summed E-state index contributed by atoms with van der Waals surface area (Å²) in [4.78, 5) is 15.5. The van der Waals surface area contributed by atoms with E-state index in [2.05, 4.69) is 0 Å². The van der Waals surface area contributed by atoms with Gasteiger partial charge in [0.15, 0.2) is 0 Å². The number of thiophene rings is 1. The molecule has 1 N–H and O–H groups in total. The van der Waals surface area contributed by atoms with Crippen LogP contribution < -0.4 is 0 Å². The van der Waals surface area contributed by atoms with E-state index in [1.807, 2.05) is 16.3 Å². The predicted octanol–water partition coefficient (Wildman–Crippen LogP) is 3.22. The maximum absolute atomic E-state index is 12.9. The summed E-state index contributed by atoms with van der Waals surface area (Å²) in [5.41, 5.74) is 0.930. The smallest absolute Gasteiger partial charge is 0.264 e. The lowest BCUT2D eigenvalue weighted by atomic mass is 10.0. The Balaban J connectivity index is 1.70. The molecule has 1 aliphatic heterocycles. The van der Waals surface area contributed by atoms with Gasteiger partial charge in [0.05, 0.1) is 17.7 Å². The number of carbonyl (C=O) groups is 1. The highest BCUT2D eigenvalue weighted by Gasteiger charge is 2.33. The highest BCUT2D eigenvalue weighted by molar-refractivity contribution is 7.12. The fraction of sp³-hybridized carbons (Fsp3) is 0.471. The van der Waals surface area contributed by atoms with Crippen molar-refractivity contribution in [2.24, 2.45) is 0 Å². The van der Waals surface area contributed by atoms with Crippen molar-refractivity contribution in [2.45, 2.75) is 38.0 Å². The number of carbonyl (C=O) groups excluding carboxylic acids is 1. The fourth-order valence-corrected chi connectivity index (χ4v) is 3.99. The van der Waals surface area contributed by atoms with Crippen molar-refractivity contribution in [1.29, 1.82) is 0 Å². The van der Waals surface area contributed by atoms with Gasteiger partial charge in [-0.15, -0.1) is 11.3 Å². The molecule has 0 aliphatic carbocycles. The van der Waals surface area contributed by atoms with Gasteiger partial charge in [-0.05, 0) is 36.4 Å². The van der Waals surface area contributed by atoms with E-state index >= 15 is 0 Å². The van der Waals surface area contributed by atoms with Gasteiger partial charge < -0.3 is 19.2 Å². The highest BCUT2D eigenvalue weighted by Crippen LogP contribution is 2.30. The minimum atomic E-state index is -0.676. The first kappa shape index (κ1) is 16.2. The maximum Gasteiger partial charge on any atom is 0.264 e.